The van der Waals surface area contributed by atoms with Gasteiger partial charge in [-0.3, -0.25) is 14.5 Å². The predicted octanol–water partition coefficient (Wildman–Crippen LogP) is 4.28. The van der Waals surface area contributed by atoms with Crippen LogP contribution in [-0.2, 0) is 19.1 Å². The van der Waals surface area contributed by atoms with Crippen LogP contribution >= 0.6 is 11.8 Å². The number of nitrogens with zero attached hydrogens (tertiary/aromatic N) is 1. The molecule has 3 aromatic rings. The van der Waals surface area contributed by atoms with Crippen LogP contribution in [0.2, 0.25) is 0 Å². The number of hydrogen-bond donors (Lipinski definition) is 1. The first-order valence-electron chi connectivity index (χ1n) is 11.8. The monoisotopic (exact) mass is 514 g/mol. The van der Waals surface area contributed by atoms with Gasteiger partial charge in [-0.25, -0.2) is 4.79 Å². The molecule has 0 saturated carbocycles. The molecule has 0 unspecified atom stereocenters. The number of methoxy groups -OCH3 is 1. The summed E-state index contributed by atoms with van der Waals surface area (Å²) in [6.07, 6.45) is -0.649. The zero-order chi connectivity index (χ0) is 26.0. The summed E-state index contributed by atoms with van der Waals surface area (Å²) >= 11 is 1.43. The Bertz CT molecular complexity index is 1310. The Hall–Kier alpha value is -3.88. The second-order valence-corrected chi connectivity index (χ2v) is 9.90. The average molecular weight is 515 g/mol. The molecule has 2 amide bonds. The van der Waals surface area contributed by atoms with Gasteiger partial charge in [-0.2, -0.15) is 0 Å². The van der Waals surface area contributed by atoms with E-state index in [-0.39, 0.29) is 5.70 Å². The molecule has 37 heavy (non-hydrogen) atoms. The van der Waals surface area contributed by atoms with Crippen LogP contribution in [0.5, 0.6) is 0 Å². The van der Waals surface area contributed by atoms with Crippen LogP contribution in [0.1, 0.15) is 34.5 Å². The largest absolute Gasteiger partial charge is 0.448 e. The third kappa shape index (κ3) is 4.43. The molecule has 3 aromatic carbocycles. The topological polar surface area (TPSA) is 84.9 Å². The predicted molar refractivity (Wildman–Crippen MR) is 140 cm³/mol. The number of ether oxygens (including phenoxy) is 2. The molecule has 5 rings (SSSR count). The van der Waals surface area contributed by atoms with Gasteiger partial charge in [0.05, 0.1) is 0 Å². The van der Waals surface area contributed by atoms with Crippen molar-refractivity contribution in [2.45, 2.75) is 24.1 Å². The molecule has 7 nitrogen and oxygen atoms in total. The Morgan fingerprint density at radius 2 is 1.49 bits per heavy atom. The van der Waals surface area contributed by atoms with E-state index in [0.29, 0.717) is 11.3 Å². The number of benzene rings is 3. The van der Waals surface area contributed by atoms with Crippen molar-refractivity contribution in [3.63, 3.8) is 0 Å². The van der Waals surface area contributed by atoms with Crippen molar-refractivity contribution in [2.75, 3.05) is 12.9 Å². The molecule has 0 aliphatic carbocycles. The van der Waals surface area contributed by atoms with Crippen molar-refractivity contribution < 1.29 is 23.9 Å². The minimum absolute atomic E-state index is 0.187. The molecule has 188 valence electrons. The zero-order valence-electron chi connectivity index (χ0n) is 20.4. The molecular weight excluding hydrogens is 488 g/mol. The summed E-state index contributed by atoms with van der Waals surface area (Å²) in [6.45, 7) is 1.81. The van der Waals surface area contributed by atoms with Gasteiger partial charge in [-0.15, -0.1) is 11.8 Å². The summed E-state index contributed by atoms with van der Waals surface area (Å²) in [5, 5.41) is 2.15. The standard InChI is InChI=1S/C29H26N2O5S/c1-19-18-37-28-29(35-2,30-25(32)22-16-10-5-11-17-22)27(34)31(28)23(19)26(33)36-24(20-12-6-3-7-13-20)21-14-8-4-9-15-21/h3-17,24,28H,18H2,1-2H3,(H,30,32)/t28-,29+/m1/s1. The lowest BCUT2D eigenvalue weighted by molar-refractivity contribution is -0.189. The van der Waals surface area contributed by atoms with Crippen LogP contribution in [-0.4, -0.2) is 46.6 Å². The molecule has 2 aliphatic heterocycles. The molecular formula is C29H26N2O5S. The first-order valence-corrected chi connectivity index (χ1v) is 12.9. The number of amides is 2. The van der Waals surface area contributed by atoms with Crippen molar-refractivity contribution in [2.24, 2.45) is 0 Å². The Labute approximate surface area is 219 Å². The van der Waals surface area contributed by atoms with E-state index in [2.05, 4.69) is 5.32 Å². The van der Waals surface area contributed by atoms with Crippen LogP contribution < -0.4 is 5.32 Å². The summed E-state index contributed by atoms with van der Waals surface area (Å²) in [7, 11) is 1.38. The molecule has 1 N–H and O–H groups in total. The van der Waals surface area contributed by atoms with Gasteiger partial charge in [0, 0.05) is 18.4 Å². The third-order valence-electron chi connectivity index (χ3n) is 6.50. The molecule has 0 aromatic heterocycles. The normalized spacial score (nSPS) is 20.8. The number of nitrogens with one attached hydrogen (secondary N) is 1. The molecule has 8 heteroatoms. The smallest absolute Gasteiger partial charge is 0.356 e. The van der Waals surface area contributed by atoms with Gasteiger partial charge >= 0.3 is 5.97 Å². The van der Waals surface area contributed by atoms with Gasteiger partial charge in [0.25, 0.3) is 17.5 Å². The Morgan fingerprint density at radius 3 is 2.03 bits per heavy atom. The SMILES string of the molecule is CO[C@@]1(NC(=O)c2ccccc2)C(=O)N2C(C(=O)OC(c3ccccc3)c3ccccc3)=C(C)CS[C@@H]21. The third-order valence-corrected chi connectivity index (χ3v) is 7.96. The first-order chi connectivity index (χ1) is 18.0. The molecule has 0 radical (unpaired) electrons. The van der Waals surface area contributed by atoms with E-state index in [1.807, 2.05) is 67.6 Å². The highest BCUT2D eigenvalue weighted by Gasteiger charge is 2.66. The molecule has 2 aliphatic rings. The Morgan fingerprint density at radius 1 is 0.946 bits per heavy atom. The highest BCUT2D eigenvalue weighted by atomic mass is 32.2. The van der Waals surface area contributed by atoms with E-state index < -0.39 is 35.0 Å². The van der Waals surface area contributed by atoms with Gasteiger partial charge in [-0.1, -0.05) is 78.9 Å². The fourth-order valence-corrected chi connectivity index (χ4v) is 5.99. The number of fused-ring (bicyclic) bond motifs is 1. The molecule has 1 saturated heterocycles. The first kappa shape index (κ1) is 24.8. The number of esters is 1. The summed E-state index contributed by atoms with van der Waals surface area (Å²) in [5.41, 5.74) is 1.37. The molecule has 0 bridgehead atoms. The van der Waals surface area contributed by atoms with Gasteiger partial charge < -0.3 is 14.8 Å². The van der Waals surface area contributed by atoms with Gasteiger partial charge in [0.15, 0.2) is 6.10 Å². The molecule has 0 spiro atoms. The average Bonchev–Trinajstić information content (AvgIpc) is 2.95. The minimum Gasteiger partial charge on any atom is -0.448 e. The van der Waals surface area contributed by atoms with Crippen LogP contribution in [0.25, 0.3) is 0 Å². The van der Waals surface area contributed by atoms with Crippen molar-refractivity contribution >= 4 is 29.5 Å². The maximum atomic E-state index is 13.6. The quantitative estimate of drug-likeness (QED) is 0.288. The van der Waals surface area contributed by atoms with E-state index in [0.717, 1.165) is 16.7 Å². The van der Waals surface area contributed by atoms with Gasteiger partial charge in [0.2, 0.25) is 0 Å². The second-order valence-electron chi connectivity index (χ2n) is 8.83. The number of rotatable bonds is 7. The van der Waals surface area contributed by atoms with Crippen LogP contribution in [0, 0.1) is 0 Å². The molecule has 2 atom stereocenters. The van der Waals surface area contributed by atoms with Gasteiger partial charge in [0.1, 0.15) is 11.1 Å². The maximum Gasteiger partial charge on any atom is 0.356 e. The molecule has 1 fully saturated rings. The maximum absolute atomic E-state index is 13.6. The fourth-order valence-electron chi connectivity index (χ4n) is 4.60. The van der Waals surface area contributed by atoms with E-state index in [1.165, 1.54) is 23.8 Å². The number of thioether (sulfide) groups is 1. The van der Waals surface area contributed by atoms with E-state index in [4.69, 9.17) is 9.47 Å². The fraction of sp³-hybridized carbons (Fsp3) is 0.207. The summed E-state index contributed by atoms with van der Waals surface area (Å²) in [5.74, 6) is -1.07. The number of carbonyl (C=O) groups is 3. The number of carbonyl (C=O) groups excluding carboxylic acids is 3. The lowest BCUT2D eigenvalue weighted by Crippen LogP contribution is -2.80. The Kier molecular flexibility index (Phi) is 6.86. The molecule has 2 heterocycles. The number of hydrogen-bond acceptors (Lipinski definition) is 6. The van der Waals surface area contributed by atoms with Crippen molar-refractivity contribution in [3.05, 3.63) is 119 Å². The highest BCUT2D eigenvalue weighted by molar-refractivity contribution is 8.00. The highest BCUT2D eigenvalue weighted by Crippen LogP contribution is 2.47. The van der Waals surface area contributed by atoms with Crippen molar-refractivity contribution in [1.29, 1.82) is 0 Å². The van der Waals surface area contributed by atoms with E-state index in [9.17, 15) is 14.4 Å². The van der Waals surface area contributed by atoms with Crippen LogP contribution in [0.15, 0.2) is 102 Å². The Balaban J connectivity index is 1.41. The zero-order valence-corrected chi connectivity index (χ0v) is 21.2. The van der Waals surface area contributed by atoms with E-state index >= 15 is 0 Å². The number of β-lactam (4-membered cyclic amide) rings is 1. The van der Waals surface area contributed by atoms with Crippen LogP contribution in [0.3, 0.4) is 0 Å². The lowest BCUT2D eigenvalue weighted by Gasteiger charge is -2.55. The van der Waals surface area contributed by atoms with Gasteiger partial charge in [-0.05, 0) is 35.8 Å². The van der Waals surface area contributed by atoms with Crippen LogP contribution in [0.4, 0.5) is 0 Å². The van der Waals surface area contributed by atoms with Crippen molar-refractivity contribution in [3.8, 4) is 0 Å². The van der Waals surface area contributed by atoms with E-state index in [1.54, 1.807) is 30.3 Å². The second kappa shape index (κ2) is 10.2. The summed E-state index contributed by atoms with van der Waals surface area (Å²) < 4.78 is 11.7. The summed E-state index contributed by atoms with van der Waals surface area (Å²) in [4.78, 5) is 41.4. The minimum atomic E-state index is -1.58. The van der Waals surface area contributed by atoms with Crippen molar-refractivity contribution in [1.82, 2.24) is 10.2 Å². The lowest BCUT2D eigenvalue weighted by atomic mass is 9.97. The summed E-state index contributed by atoms with van der Waals surface area (Å²) in [6, 6.07) is 27.6.